The van der Waals surface area contributed by atoms with E-state index in [0.717, 1.165) is 23.4 Å². The van der Waals surface area contributed by atoms with Crippen LogP contribution in [0.4, 0.5) is 23.7 Å². The number of anilines is 1. The van der Waals surface area contributed by atoms with Gasteiger partial charge in [0.15, 0.2) is 0 Å². The molecular formula is C20H18F3N3O3. The van der Waals surface area contributed by atoms with Crippen LogP contribution in [0, 0.1) is 5.92 Å². The van der Waals surface area contributed by atoms with E-state index in [9.17, 15) is 22.8 Å². The van der Waals surface area contributed by atoms with Crippen molar-refractivity contribution < 1.29 is 27.5 Å². The molecule has 0 fully saturated rings. The van der Waals surface area contributed by atoms with Crippen molar-refractivity contribution in [2.75, 3.05) is 5.32 Å². The normalized spacial score (nSPS) is 16.6. The lowest BCUT2D eigenvalue weighted by atomic mass is 9.94. The van der Waals surface area contributed by atoms with Crippen molar-refractivity contribution >= 4 is 23.4 Å². The molecule has 0 saturated carbocycles. The maximum absolute atomic E-state index is 12.7. The summed E-state index contributed by atoms with van der Waals surface area (Å²) >= 11 is 0. The van der Waals surface area contributed by atoms with Crippen LogP contribution in [-0.2, 0) is 22.3 Å². The molecule has 0 radical (unpaired) electrons. The van der Waals surface area contributed by atoms with E-state index >= 15 is 0 Å². The quantitative estimate of drug-likeness (QED) is 0.795. The highest BCUT2D eigenvalue weighted by molar-refractivity contribution is 6.06. The topological polar surface area (TPSA) is 79.8 Å². The first-order valence-electron chi connectivity index (χ1n) is 8.79. The molecule has 2 amide bonds. The number of hydrogen-bond acceptors (Lipinski definition) is 4. The summed E-state index contributed by atoms with van der Waals surface area (Å²) in [6.45, 7) is 1.61. The molecule has 1 aliphatic rings. The molecule has 0 spiro atoms. The third-order valence-corrected chi connectivity index (χ3v) is 4.31. The number of hydrogen-bond donors (Lipinski definition) is 2. The Kier molecular flexibility index (Phi) is 5.86. The third kappa shape index (κ3) is 5.34. The molecule has 0 aromatic heterocycles. The van der Waals surface area contributed by atoms with Crippen LogP contribution in [0.1, 0.15) is 30.0 Å². The van der Waals surface area contributed by atoms with E-state index in [1.165, 1.54) is 12.1 Å². The minimum Gasteiger partial charge on any atom is -0.444 e. The van der Waals surface area contributed by atoms with E-state index in [4.69, 9.17) is 4.74 Å². The molecule has 0 aliphatic carbocycles. The van der Waals surface area contributed by atoms with Crippen molar-refractivity contribution in [1.82, 2.24) is 5.43 Å². The highest BCUT2D eigenvalue weighted by Crippen LogP contribution is 2.29. The molecule has 2 aromatic rings. The number of carbonyl (C=O) groups excluding carboxylic acids is 2. The lowest BCUT2D eigenvalue weighted by Crippen LogP contribution is -2.31. The molecule has 0 saturated heterocycles. The zero-order chi connectivity index (χ0) is 21.0. The van der Waals surface area contributed by atoms with E-state index < -0.39 is 17.8 Å². The second kappa shape index (κ2) is 8.34. The first-order chi connectivity index (χ1) is 13.7. The van der Waals surface area contributed by atoms with Crippen molar-refractivity contribution in [3.05, 3.63) is 65.2 Å². The zero-order valence-corrected chi connectivity index (χ0v) is 15.4. The van der Waals surface area contributed by atoms with Crippen LogP contribution in [-0.4, -0.2) is 17.7 Å². The van der Waals surface area contributed by atoms with Gasteiger partial charge in [0, 0.05) is 18.0 Å². The van der Waals surface area contributed by atoms with Gasteiger partial charge in [-0.3, -0.25) is 10.1 Å². The fraction of sp³-hybridized carbons (Fsp3) is 0.250. The van der Waals surface area contributed by atoms with Gasteiger partial charge in [-0.2, -0.15) is 18.3 Å². The average molecular weight is 405 g/mol. The molecular weight excluding hydrogens is 387 g/mol. The first-order valence-corrected chi connectivity index (χ1v) is 8.79. The van der Waals surface area contributed by atoms with E-state index in [0.29, 0.717) is 12.1 Å². The average Bonchev–Trinajstić information content (AvgIpc) is 2.67. The molecule has 1 aliphatic heterocycles. The lowest BCUT2D eigenvalue weighted by Gasteiger charge is -2.19. The summed E-state index contributed by atoms with van der Waals surface area (Å²) in [7, 11) is 0. The monoisotopic (exact) mass is 405 g/mol. The van der Waals surface area contributed by atoms with Crippen LogP contribution in [0.15, 0.2) is 53.6 Å². The smallest absolute Gasteiger partial charge is 0.416 e. The molecule has 2 aromatic carbocycles. The number of nitrogens with one attached hydrogen (secondary N) is 2. The highest BCUT2D eigenvalue weighted by Gasteiger charge is 2.30. The zero-order valence-electron chi connectivity index (χ0n) is 15.4. The lowest BCUT2D eigenvalue weighted by molar-refractivity contribution is -0.137. The molecule has 0 bridgehead atoms. The molecule has 1 heterocycles. The van der Waals surface area contributed by atoms with Gasteiger partial charge < -0.3 is 4.74 Å². The van der Waals surface area contributed by atoms with Crippen molar-refractivity contribution in [2.24, 2.45) is 11.0 Å². The van der Waals surface area contributed by atoms with Crippen molar-refractivity contribution in [3.8, 4) is 0 Å². The predicted molar refractivity (Wildman–Crippen MR) is 100 cm³/mol. The van der Waals surface area contributed by atoms with Crippen LogP contribution in [0.3, 0.4) is 0 Å². The largest absolute Gasteiger partial charge is 0.444 e. The summed E-state index contributed by atoms with van der Waals surface area (Å²) < 4.78 is 43.1. The number of rotatable bonds is 4. The molecule has 29 heavy (non-hydrogen) atoms. The summed E-state index contributed by atoms with van der Waals surface area (Å²) in [6.07, 6.45) is -4.89. The maximum Gasteiger partial charge on any atom is 0.416 e. The Morgan fingerprint density at radius 1 is 1.24 bits per heavy atom. The Labute approximate surface area is 164 Å². The minimum absolute atomic E-state index is 0.0278. The fourth-order valence-corrected chi connectivity index (χ4v) is 2.87. The number of nitrogens with zero attached hydrogens (tertiary/aromatic N) is 1. The summed E-state index contributed by atoms with van der Waals surface area (Å²) in [5.41, 5.74) is 3.87. The Morgan fingerprint density at radius 2 is 1.97 bits per heavy atom. The Balaban J connectivity index is 1.57. The molecule has 152 valence electrons. The molecule has 1 unspecified atom stereocenters. The number of halogens is 3. The number of amides is 2. The predicted octanol–water partition coefficient (Wildman–Crippen LogP) is 4.31. The van der Waals surface area contributed by atoms with Gasteiger partial charge in [0.1, 0.15) is 6.61 Å². The molecule has 3 rings (SSSR count). The molecule has 6 nitrogen and oxygen atoms in total. The highest BCUT2D eigenvalue weighted by atomic mass is 19.4. The van der Waals surface area contributed by atoms with Crippen LogP contribution in [0.5, 0.6) is 0 Å². The van der Waals surface area contributed by atoms with Gasteiger partial charge in [0.2, 0.25) is 5.91 Å². The SMILES string of the molecule is CC1CC(=O)NN=C1c1ccc(NC(=O)OCc2cccc(C(F)(F)F)c2)cc1. The van der Waals surface area contributed by atoms with Gasteiger partial charge in [-0.15, -0.1) is 0 Å². The second-order valence-electron chi connectivity index (χ2n) is 6.61. The van der Waals surface area contributed by atoms with Gasteiger partial charge in [0.05, 0.1) is 11.3 Å². The fourth-order valence-electron chi connectivity index (χ4n) is 2.87. The number of benzene rings is 2. The van der Waals surface area contributed by atoms with E-state index in [1.807, 2.05) is 6.92 Å². The van der Waals surface area contributed by atoms with Gasteiger partial charge in [-0.1, -0.05) is 31.2 Å². The Hall–Kier alpha value is -3.36. The number of hydrazone groups is 1. The number of carbonyl (C=O) groups is 2. The summed E-state index contributed by atoms with van der Waals surface area (Å²) in [6, 6.07) is 11.4. The summed E-state index contributed by atoms with van der Waals surface area (Å²) in [4.78, 5) is 23.2. The molecule has 9 heteroatoms. The molecule has 2 N–H and O–H groups in total. The third-order valence-electron chi connectivity index (χ3n) is 4.31. The van der Waals surface area contributed by atoms with E-state index in [2.05, 4.69) is 15.8 Å². The maximum atomic E-state index is 12.7. The van der Waals surface area contributed by atoms with Gasteiger partial charge >= 0.3 is 12.3 Å². The standard InChI is InChI=1S/C20H18F3N3O3/c1-12-9-17(27)25-26-18(12)14-5-7-16(8-6-14)24-19(28)29-11-13-3-2-4-15(10-13)20(21,22)23/h2-8,10,12H,9,11H2,1H3,(H,24,28)(H,25,27). The summed E-state index contributed by atoms with van der Waals surface area (Å²) in [5, 5.41) is 6.58. The van der Waals surface area contributed by atoms with Crippen LogP contribution in [0.25, 0.3) is 0 Å². The Bertz CT molecular complexity index is 940. The van der Waals surface area contributed by atoms with Crippen LogP contribution in [0.2, 0.25) is 0 Å². The minimum atomic E-state index is -4.46. The summed E-state index contributed by atoms with van der Waals surface area (Å²) in [5.74, 6) is -0.164. The van der Waals surface area contributed by atoms with Crippen LogP contribution >= 0.6 is 0 Å². The van der Waals surface area contributed by atoms with Crippen LogP contribution < -0.4 is 10.7 Å². The van der Waals surface area contributed by atoms with E-state index in [1.54, 1.807) is 24.3 Å². The van der Waals surface area contributed by atoms with Gasteiger partial charge in [0.25, 0.3) is 0 Å². The second-order valence-corrected chi connectivity index (χ2v) is 6.61. The first kappa shape index (κ1) is 20.4. The number of ether oxygens (including phenoxy) is 1. The van der Waals surface area contributed by atoms with Gasteiger partial charge in [-0.25, -0.2) is 10.2 Å². The van der Waals surface area contributed by atoms with Crippen molar-refractivity contribution in [1.29, 1.82) is 0 Å². The number of alkyl halides is 3. The van der Waals surface area contributed by atoms with Crippen molar-refractivity contribution in [3.63, 3.8) is 0 Å². The molecule has 1 atom stereocenters. The van der Waals surface area contributed by atoms with E-state index in [-0.39, 0.29) is 24.0 Å². The Morgan fingerprint density at radius 3 is 2.62 bits per heavy atom. The van der Waals surface area contributed by atoms with Gasteiger partial charge in [-0.05, 0) is 35.4 Å². The van der Waals surface area contributed by atoms with Crippen molar-refractivity contribution in [2.45, 2.75) is 26.1 Å².